The summed E-state index contributed by atoms with van der Waals surface area (Å²) < 4.78 is 0. The zero-order valence-corrected chi connectivity index (χ0v) is 11.0. The number of carbonyl (C=O) groups excluding carboxylic acids is 1. The van der Waals surface area contributed by atoms with Crippen molar-refractivity contribution in [3.63, 3.8) is 0 Å². The van der Waals surface area contributed by atoms with Gasteiger partial charge in [0, 0.05) is 19.6 Å². The van der Waals surface area contributed by atoms with E-state index in [0.717, 1.165) is 17.8 Å². The molecule has 17 heavy (non-hydrogen) atoms. The molecule has 0 aromatic carbocycles. The van der Waals surface area contributed by atoms with Crippen molar-refractivity contribution in [2.75, 3.05) is 14.1 Å². The second-order valence-electron chi connectivity index (χ2n) is 6.86. The highest BCUT2D eigenvalue weighted by molar-refractivity contribution is 5.74. The van der Waals surface area contributed by atoms with Crippen LogP contribution in [0, 0.1) is 17.8 Å². The van der Waals surface area contributed by atoms with Gasteiger partial charge in [0.15, 0.2) is 0 Å². The van der Waals surface area contributed by atoms with Crippen LogP contribution >= 0.6 is 0 Å². The van der Waals surface area contributed by atoms with Crippen molar-refractivity contribution in [3.8, 4) is 0 Å². The van der Waals surface area contributed by atoms with Crippen molar-refractivity contribution in [1.29, 1.82) is 0 Å². The highest BCUT2D eigenvalue weighted by atomic mass is 16.2. The molecule has 4 fully saturated rings. The standard InChI is InChI=1S/C14H24N2O/c1-16(2)13(17)15-14-7-10-3-4-11(8-14)6-12(5-10)9-14/h10-12H,3-9H2,1-2H3,(H,15,17)/t10-,11+,12?,14?. The Bertz CT molecular complexity index is 310. The number of amides is 2. The fourth-order valence-corrected chi connectivity index (χ4v) is 4.68. The molecule has 0 spiro atoms. The Morgan fingerprint density at radius 2 is 1.59 bits per heavy atom. The molecule has 0 aromatic rings. The second kappa shape index (κ2) is 3.89. The highest BCUT2D eigenvalue weighted by Crippen LogP contribution is 2.53. The first kappa shape index (κ1) is 11.4. The van der Waals surface area contributed by atoms with E-state index in [1.165, 1.54) is 44.9 Å². The lowest BCUT2D eigenvalue weighted by Crippen LogP contribution is -2.57. The van der Waals surface area contributed by atoms with Crippen LogP contribution < -0.4 is 5.32 Å². The minimum absolute atomic E-state index is 0.104. The van der Waals surface area contributed by atoms with Gasteiger partial charge in [-0.05, 0) is 49.9 Å². The first-order valence-electron chi connectivity index (χ1n) is 7.06. The summed E-state index contributed by atoms with van der Waals surface area (Å²) in [7, 11) is 3.67. The van der Waals surface area contributed by atoms with Crippen molar-refractivity contribution in [1.82, 2.24) is 10.2 Å². The maximum Gasteiger partial charge on any atom is 0.317 e. The Kier molecular flexibility index (Phi) is 2.60. The molecule has 4 bridgehead atoms. The highest BCUT2D eigenvalue weighted by Gasteiger charge is 2.49. The lowest BCUT2D eigenvalue weighted by Gasteiger charge is -2.49. The molecule has 0 saturated heterocycles. The number of rotatable bonds is 1. The zero-order chi connectivity index (χ0) is 12.0. The number of urea groups is 1. The number of hydrogen-bond donors (Lipinski definition) is 1. The van der Waals surface area contributed by atoms with Crippen LogP contribution in [0.5, 0.6) is 0 Å². The van der Waals surface area contributed by atoms with Crippen molar-refractivity contribution >= 4 is 6.03 Å². The number of hydrogen-bond acceptors (Lipinski definition) is 1. The first-order chi connectivity index (χ1) is 8.06. The fourth-order valence-electron chi connectivity index (χ4n) is 4.68. The molecular formula is C14H24N2O. The summed E-state index contributed by atoms with van der Waals surface area (Å²) in [6.07, 6.45) is 9.37. The lowest BCUT2D eigenvalue weighted by atomic mass is 9.63. The molecule has 96 valence electrons. The van der Waals surface area contributed by atoms with Crippen LogP contribution in [0.25, 0.3) is 0 Å². The summed E-state index contributed by atoms with van der Waals surface area (Å²) in [5, 5.41) is 3.35. The molecule has 0 aromatic heterocycles. The van der Waals surface area contributed by atoms with E-state index in [1.54, 1.807) is 4.90 Å². The Hall–Kier alpha value is -0.730. The molecule has 4 aliphatic carbocycles. The predicted octanol–water partition coefficient (Wildman–Crippen LogP) is 2.62. The van der Waals surface area contributed by atoms with Crippen LogP contribution in [0.3, 0.4) is 0 Å². The Balaban J connectivity index is 1.80. The minimum atomic E-state index is 0.104. The Morgan fingerprint density at radius 3 is 2.12 bits per heavy atom. The van der Waals surface area contributed by atoms with Crippen molar-refractivity contribution in [2.45, 2.75) is 50.5 Å². The average molecular weight is 236 g/mol. The molecule has 0 aliphatic heterocycles. The van der Waals surface area contributed by atoms with Gasteiger partial charge in [-0.2, -0.15) is 0 Å². The molecule has 4 rings (SSSR count). The number of nitrogens with one attached hydrogen (secondary N) is 1. The normalized spacial score (nSPS) is 43.3. The zero-order valence-electron chi connectivity index (χ0n) is 11.0. The summed E-state index contributed by atoms with van der Waals surface area (Å²) in [6, 6.07) is 0.104. The molecule has 4 aliphatic rings. The van der Waals surface area contributed by atoms with E-state index < -0.39 is 0 Å². The van der Waals surface area contributed by atoms with Crippen molar-refractivity contribution in [2.24, 2.45) is 17.8 Å². The third kappa shape index (κ3) is 2.04. The molecule has 4 saturated carbocycles. The fraction of sp³-hybridized carbons (Fsp3) is 0.929. The van der Waals surface area contributed by atoms with E-state index in [0.29, 0.717) is 0 Å². The SMILES string of the molecule is CN(C)C(=O)NC12CC3C[C@@H](CC[C@@H](C3)C1)C2. The van der Waals surface area contributed by atoms with E-state index in [-0.39, 0.29) is 11.6 Å². The minimum Gasteiger partial charge on any atom is -0.333 e. The van der Waals surface area contributed by atoms with Crippen molar-refractivity contribution in [3.05, 3.63) is 0 Å². The van der Waals surface area contributed by atoms with E-state index in [2.05, 4.69) is 5.32 Å². The molecular weight excluding hydrogens is 212 g/mol. The molecule has 3 heteroatoms. The van der Waals surface area contributed by atoms with Gasteiger partial charge in [0.05, 0.1) is 0 Å². The third-order valence-electron chi connectivity index (χ3n) is 5.13. The van der Waals surface area contributed by atoms with Crippen LogP contribution in [0.15, 0.2) is 0 Å². The molecule has 4 atom stereocenters. The number of carbonyl (C=O) groups is 1. The molecule has 0 heterocycles. The van der Waals surface area contributed by atoms with Gasteiger partial charge < -0.3 is 10.2 Å². The summed E-state index contributed by atoms with van der Waals surface area (Å²) in [4.78, 5) is 13.6. The van der Waals surface area contributed by atoms with Crippen LogP contribution in [-0.2, 0) is 0 Å². The average Bonchev–Trinajstić information content (AvgIpc) is 2.44. The quantitative estimate of drug-likeness (QED) is 0.745. The van der Waals surface area contributed by atoms with Gasteiger partial charge in [-0.25, -0.2) is 4.79 Å². The summed E-state index contributed by atoms with van der Waals surface area (Å²) in [5.74, 6) is 2.64. The van der Waals surface area contributed by atoms with Gasteiger partial charge in [-0.1, -0.05) is 12.8 Å². The van der Waals surface area contributed by atoms with Gasteiger partial charge in [0.25, 0.3) is 0 Å². The molecule has 2 unspecified atom stereocenters. The molecule has 3 nitrogen and oxygen atoms in total. The van der Waals surface area contributed by atoms with Crippen LogP contribution in [-0.4, -0.2) is 30.6 Å². The van der Waals surface area contributed by atoms with Gasteiger partial charge >= 0.3 is 6.03 Å². The Morgan fingerprint density at radius 1 is 1.06 bits per heavy atom. The summed E-state index contributed by atoms with van der Waals surface area (Å²) >= 11 is 0. The van der Waals surface area contributed by atoms with Gasteiger partial charge in [0.2, 0.25) is 0 Å². The van der Waals surface area contributed by atoms with Gasteiger partial charge in [-0.3, -0.25) is 0 Å². The smallest absolute Gasteiger partial charge is 0.317 e. The van der Waals surface area contributed by atoms with Crippen LogP contribution in [0.2, 0.25) is 0 Å². The maximum absolute atomic E-state index is 12.0. The molecule has 1 N–H and O–H groups in total. The number of nitrogens with zero attached hydrogens (tertiary/aromatic N) is 1. The molecule has 0 radical (unpaired) electrons. The second-order valence-corrected chi connectivity index (χ2v) is 6.86. The topological polar surface area (TPSA) is 32.3 Å². The predicted molar refractivity (Wildman–Crippen MR) is 67.7 cm³/mol. The maximum atomic E-state index is 12.0. The van der Waals surface area contributed by atoms with Gasteiger partial charge in [-0.15, -0.1) is 0 Å². The molecule has 2 amide bonds. The van der Waals surface area contributed by atoms with Crippen LogP contribution in [0.4, 0.5) is 4.79 Å². The summed E-state index contributed by atoms with van der Waals surface area (Å²) in [5.41, 5.74) is 0.147. The van der Waals surface area contributed by atoms with E-state index in [1.807, 2.05) is 14.1 Å². The van der Waals surface area contributed by atoms with Crippen LogP contribution in [0.1, 0.15) is 44.9 Å². The monoisotopic (exact) mass is 236 g/mol. The lowest BCUT2D eigenvalue weighted by molar-refractivity contribution is 0.0763. The van der Waals surface area contributed by atoms with E-state index >= 15 is 0 Å². The summed E-state index contributed by atoms with van der Waals surface area (Å²) in [6.45, 7) is 0. The first-order valence-corrected chi connectivity index (χ1v) is 7.06. The van der Waals surface area contributed by atoms with E-state index in [9.17, 15) is 4.79 Å². The Labute approximate surface area is 104 Å². The largest absolute Gasteiger partial charge is 0.333 e. The number of fused-ring (bicyclic) bond motifs is 1. The van der Waals surface area contributed by atoms with Crippen molar-refractivity contribution < 1.29 is 4.79 Å². The van der Waals surface area contributed by atoms with Gasteiger partial charge in [0.1, 0.15) is 0 Å². The van der Waals surface area contributed by atoms with E-state index in [4.69, 9.17) is 0 Å². The third-order valence-corrected chi connectivity index (χ3v) is 5.13.